The zero-order valence-corrected chi connectivity index (χ0v) is 10.4. The number of aliphatic hydroxyl groups is 1. The Hall–Kier alpha value is -1.55. The number of carbonyl (C=O) groups is 1. The van der Waals surface area contributed by atoms with Gasteiger partial charge in [0.05, 0.1) is 6.10 Å². The van der Waals surface area contributed by atoms with Crippen LogP contribution < -0.4 is 10.6 Å². The molecular weight excluding hydrogens is 228 g/mol. The van der Waals surface area contributed by atoms with E-state index < -0.39 is 6.10 Å². The molecule has 4 nitrogen and oxygen atoms in total. The molecule has 18 heavy (non-hydrogen) atoms. The van der Waals surface area contributed by atoms with Crippen molar-refractivity contribution in [3.63, 3.8) is 0 Å². The minimum atomic E-state index is -0.652. The van der Waals surface area contributed by atoms with Crippen molar-refractivity contribution in [3.05, 3.63) is 35.9 Å². The van der Waals surface area contributed by atoms with E-state index in [2.05, 4.69) is 10.6 Å². The van der Waals surface area contributed by atoms with Gasteiger partial charge in [0.1, 0.15) is 0 Å². The molecule has 0 aliphatic heterocycles. The van der Waals surface area contributed by atoms with Crippen LogP contribution in [0.25, 0.3) is 0 Å². The van der Waals surface area contributed by atoms with E-state index in [-0.39, 0.29) is 12.6 Å². The first kappa shape index (κ1) is 12.9. The predicted molar refractivity (Wildman–Crippen MR) is 70.2 cm³/mol. The second-order valence-corrected chi connectivity index (χ2v) is 4.76. The molecule has 2 amide bonds. The lowest BCUT2D eigenvalue weighted by molar-refractivity contribution is 0.172. The number of hydrogen-bond acceptors (Lipinski definition) is 2. The number of hydrogen-bond donors (Lipinski definition) is 3. The molecule has 1 unspecified atom stereocenters. The first-order chi connectivity index (χ1) is 8.75. The van der Waals surface area contributed by atoms with Crippen molar-refractivity contribution in [2.75, 3.05) is 6.54 Å². The SMILES string of the molecule is O=C(NCC(O)c1ccccc1)NC1CCCC1. The summed E-state index contributed by atoms with van der Waals surface area (Å²) < 4.78 is 0. The summed E-state index contributed by atoms with van der Waals surface area (Å²) in [6.07, 6.45) is 3.86. The van der Waals surface area contributed by atoms with Crippen LogP contribution in [0.15, 0.2) is 30.3 Å². The third-order valence-corrected chi connectivity index (χ3v) is 3.33. The number of amides is 2. The molecule has 0 bridgehead atoms. The van der Waals surface area contributed by atoms with Crippen molar-refractivity contribution in [1.29, 1.82) is 0 Å². The summed E-state index contributed by atoms with van der Waals surface area (Å²) in [4.78, 5) is 11.6. The number of aliphatic hydroxyl groups excluding tert-OH is 1. The van der Waals surface area contributed by atoms with Gasteiger partial charge in [-0.05, 0) is 18.4 Å². The number of urea groups is 1. The van der Waals surface area contributed by atoms with Crippen LogP contribution in [0, 0.1) is 0 Å². The number of carbonyl (C=O) groups excluding carboxylic acids is 1. The van der Waals surface area contributed by atoms with Crippen molar-refractivity contribution in [1.82, 2.24) is 10.6 Å². The van der Waals surface area contributed by atoms with E-state index in [4.69, 9.17) is 0 Å². The van der Waals surface area contributed by atoms with Gasteiger partial charge in [-0.1, -0.05) is 43.2 Å². The first-order valence-electron chi connectivity index (χ1n) is 6.53. The maximum absolute atomic E-state index is 11.6. The van der Waals surface area contributed by atoms with Crippen LogP contribution in [0.1, 0.15) is 37.4 Å². The van der Waals surface area contributed by atoms with Crippen LogP contribution >= 0.6 is 0 Å². The Morgan fingerprint density at radius 3 is 2.61 bits per heavy atom. The molecule has 0 heterocycles. The molecule has 98 valence electrons. The van der Waals surface area contributed by atoms with Gasteiger partial charge < -0.3 is 15.7 Å². The Balaban J connectivity index is 1.72. The maximum Gasteiger partial charge on any atom is 0.315 e. The fourth-order valence-electron chi connectivity index (χ4n) is 2.29. The predicted octanol–water partition coefficient (Wildman–Crippen LogP) is 1.96. The monoisotopic (exact) mass is 248 g/mol. The summed E-state index contributed by atoms with van der Waals surface area (Å²) in [6, 6.07) is 9.46. The highest BCUT2D eigenvalue weighted by atomic mass is 16.3. The van der Waals surface area contributed by atoms with E-state index in [1.54, 1.807) is 0 Å². The Morgan fingerprint density at radius 1 is 1.28 bits per heavy atom. The summed E-state index contributed by atoms with van der Waals surface area (Å²) in [5, 5.41) is 15.5. The average molecular weight is 248 g/mol. The van der Waals surface area contributed by atoms with Crippen LogP contribution in [-0.2, 0) is 0 Å². The summed E-state index contributed by atoms with van der Waals surface area (Å²) in [7, 11) is 0. The second kappa shape index (κ2) is 6.40. The summed E-state index contributed by atoms with van der Waals surface area (Å²) in [6.45, 7) is 0.239. The lowest BCUT2D eigenvalue weighted by atomic mass is 10.1. The normalized spacial score (nSPS) is 17.4. The van der Waals surface area contributed by atoms with E-state index >= 15 is 0 Å². The van der Waals surface area contributed by atoms with Gasteiger partial charge in [0.25, 0.3) is 0 Å². The Bertz CT molecular complexity index is 375. The van der Waals surface area contributed by atoms with E-state index in [1.165, 1.54) is 12.8 Å². The van der Waals surface area contributed by atoms with Gasteiger partial charge >= 0.3 is 6.03 Å². The highest BCUT2D eigenvalue weighted by molar-refractivity contribution is 5.74. The Labute approximate surface area is 107 Å². The topological polar surface area (TPSA) is 61.4 Å². The highest BCUT2D eigenvalue weighted by Crippen LogP contribution is 2.17. The van der Waals surface area contributed by atoms with Gasteiger partial charge in [0.2, 0.25) is 0 Å². The molecule has 1 aromatic carbocycles. The average Bonchev–Trinajstić information content (AvgIpc) is 2.90. The first-order valence-corrected chi connectivity index (χ1v) is 6.53. The molecule has 1 fully saturated rings. The van der Waals surface area contributed by atoms with Crippen LogP contribution in [0.2, 0.25) is 0 Å². The third kappa shape index (κ3) is 3.74. The third-order valence-electron chi connectivity index (χ3n) is 3.33. The molecule has 2 rings (SSSR count). The van der Waals surface area contributed by atoms with Gasteiger partial charge in [-0.15, -0.1) is 0 Å². The van der Waals surface area contributed by atoms with E-state index in [1.807, 2.05) is 30.3 Å². The van der Waals surface area contributed by atoms with Crippen molar-refractivity contribution in [3.8, 4) is 0 Å². The smallest absolute Gasteiger partial charge is 0.315 e. The molecular formula is C14H20N2O2. The summed E-state index contributed by atoms with van der Waals surface area (Å²) in [5.41, 5.74) is 0.818. The zero-order chi connectivity index (χ0) is 12.8. The lowest BCUT2D eigenvalue weighted by Crippen LogP contribution is -2.42. The molecule has 1 aromatic rings. The van der Waals surface area contributed by atoms with Crippen molar-refractivity contribution >= 4 is 6.03 Å². The molecule has 0 spiro atoms. The lowest BCUT2D eigenvalue weighted by Gasteiger charge is -2.15. The maximum atomic E-state index is 11.6. The molecule has 3 N–H and O–H groups in total. The molecule has 0 aromatic heterocycles. The zero-order valence-electron chi connectivity index (χ0n) is 10.4. The van der Waals surface area contributed by atoms with Crippen LogP contribution in [-0.4, -0.2) is 23.7 Å². The Kier molecular flexibility index (Phi) is 4.59. The van der Waals surface area contributed by atoms with E-state index in [0.717, 1.165) is 18.4 Å². The molecule has 1 atom stereocenters. The molecule has 1 aliphatic rings. The van der Waals surface area contributed by atoms with Crippen molar-refractivity contribution < 1.29 is 9.90 Å². The van der Waals surface area contributed by atoms with Gasteiger partial charge in [-0.3, -0.25) is 0 Å². The van der Waals surface area contributed by atoms with Gasteiger partial charge in [0.15, 0.2) is 0 Å². The number of nitrogens with one attached hydrogen (secondary N) is 2. The number of rotatable bonds is 4. The summed E-state index contributed by atoms with van der Waals surface area (Å²) in [5.74, 6) is 0. The minimum Gasteiger partial charge on any atom is -0.387 e. The summed E-state index contributed by atoms with van der Waals surface area (Å²) >= 11 is 0. The van der Waals surface area contributed by atoms with Crippen molar-refractivity contribution in [2.24, 2.45) is 0 Å². The minimum absolute atomic E-state index is 0.183. The number of benzene rings is 1. The highest BCUT2D eigenvalue weighted by Gasteiger charge is 2.17. The van der Waals surface area contributed by atoms with Gasteiger partial charge in [0, 0.05) is 12.6 Å². The second-order valence-electron chi connectivity index (χ2n) is 4.76. The van der Waals surface area contributed by atoms with Crippen molar-refractivity contribution in [2.45, 2.75) is 37.8 Å². The standard InChI is InChI=1S/C14H20N2O2/c17-13(11-6-2-1-3-7-11)10-15-14(18)16-12-8-4-5-9-12/h1-3,6-7,12-13,17H,4-5,8-10H2,(H2,15,16,18). The van der Waals surface area contributed by atoms with Crippen LogP contribution in [0.5, 0.6) is 0 Å². The van der Waals surface area contributed by atoms with Gasteiger partial charge in [-0.2, -0.15) is 0 Å². The molecule has 4 heteroatoms. The molecule has 1 aliphatic carbocycles. The largest absolute Gasteiger partial charge is 0.387 e. The van der Waals surface area contributed by atoms with E-state index in [0.29, 0.717) is 6.04 Å². The van der Waals surface area contributed by atoms with Crippen LogP contribution in [0.3, 0.4) is 0 Å². The molecule has 0 radical (unpaired) electrons. The molecule has 1 saturated carbocycles. The Morgan fingerprint density at radius 2 is 1.94 bits per heavy atom. The quantitative estimate of drug-likeness (QED) is 0.762. The van der Waals surface area contributed by atoms with Crippen LogP contribution in [0.4, 0.5) is 4.79 Å². The fourth-order valence-corrected chi connectivity index (χ4v) is 2.29. The van der Waals surface area contributed by atoms with E-state index in [9.17, 15) is 9.90 Å². The molecule has 0 saturated heterocycles. The van der Waals surface area contributed by atoms with Gasteiger partial charge in [-0.25, -0.2) is 4.79 Å². The fraction of sp³-hybridized carbons (Fsp3) is 0.500.